The van der Waals surface area contributed by atoms with Crippen LogP contribution in [0.15, 0.2) is 0 Å². The molecule has 2 saturated heterocycles. The van der Waals surface area contributed by atoms with Crippen molar-refractivity contribution < 1.29 is 39.7 Å². The lowest BCUT2D eigenvalue weighted by atomic mass is 10.0. The lowest BCUT2D eigenvalue weighted by Gasteiger charge is -2.43. The molecule has 23 heavy (non-hydrogen) atoms. The Morgan fingerprint density at radius 3 is 2.13 bits per heavy atom. The van der Waals surface area contributed by atoms with Crippen molar-refractivity contribution >= 4 is 34.8 Å². The summed E-state index contributed by atoms with van der Waals surface area (Å²) in [5.74, 6) is -2.43. The molecule has 5 N–H and O–H groups in total. The van der Waals surface area contributed by atoms with E-state index in [0.29, 0.717) is 0 Å². The maximum Gasteiger partial charge on any atom is 0.214 e. The number of hydrogen-bond donors (Lipinski definition) is 5. The SMILES string of the molecule is OC[C@H]1O[C@H](O[C@]2(CCl)O[C@H](CCl)C(O)[C@@H]2O)[C@H](O)[C@@H](O)[C@H]1Cl. The molecule has 11 heteroatoms. The number of rotatable bonds is 5. The van der Waals surface area contributed by atoms with Gasteiger partial charge in [-0.15, -0.1) is 34.8 Å². The first kappa shape index (κ1) is 19.9. The molecule has 2 aliphatic rings. The van der Waals surface area contributed by atoms with E-state index < -0.39 is 66.6 Å². The molecule has 0 aromatic rings. The van der Waals surface area contributed by atoms with E-state index >= 15 is 0 Å². The van der Waals surface area contributed by atoms with Crippen LogP contribution in [0.1, 0.15) is 0 Å². The van der Waals surface area contributed by atoms with Gasteiger partial charge in [-0.25, -0.2) is 0 Å². The van der Waals surface area contributed by atoms with Gasteiger partial charge in [-0.2, -0.15) is 0 Å². The fourth-order valence-corrected chi connectivity index (χ4v) is 3.37. The van der Waals surface area contributed by atoms with Gasteiger partial charge in [0.25, 0.3) is 0 Å². The minimum absolute atomic E-state index is 0.125. The molecule has 8 nitrogen and oxygen atoms in total. The van der Waals surface area contributed by atoms with Gasteiger partial charge in [0, 0.05) is 0 Å². The van der Waals surface area contributed by atoms with Crippen molar-refractivity contribution in [3.05, 3.63) is 0 Å². The van der Waals surface area contributed by atoms with E-state index in [0.717, 1.165) is 0 Å². The molecule has 0 amide bonds. The highest BCUT2D eigenvalue weighted by molar-refractivity contribution is 6.21. The van der Waals surface area contributed by atoms with Gasteiger partial charge in [0.2, 0.25) is 5.79 Å². The Labute approximate surface area is 147 Å². The summed E-state index contributed by atoms with van der Waals surface area (Å²) < 4.78 is 16.1. The summed E-state index contributed by atoms with van der Waals surface area (Å²) >= 11 is 17.3. The van der Waals surface area contributed by atoms with Crippen molar-refractivity contribution in [2.45, 2.75) is 54.1 Å². The van der Waals surface area contributed by atoms with Crippen LogP contribution in [0.5, 0.6) is 0 Å². The summed E-state index contributed by atoms with van der Waals surface area (Å²) in [6, 6.07) is 0. The van der Waals surface area contributed by atoms with Gasteiger partial charge in [0.15, 0.2) is 6.29 Å². The van der Waals surface area contributed by atoms with E-state index in [-0.39, 0.29) is 5.88 Å². The fourth-order valence-electron chi connectivity index (χ4n) is 2.56. The number of halogens is 3. The maximum absolute atomic E-state index is 10.1. The lowest BCUT2D eigenvalue weighted by molar-refractivity contribution is -0.357. The standard InChI is InChI=1S/C12H19Cl3O8/c13-1-4-7(17)10(20)12(3-14,22-4)23-11-9(19)8(18)6(15)5(2-16)21-11/h4-11,16-20H,1-3H2/t4-,5-,6+,7?,8+,9-,10+,11-,12+/m1/s1. The van der Waals surface area contributed by atoms with Gasteiger partial charge >= 0.3 is 0 Å². The average molecular weight is 398 g/mol. The molecule has 0 aliphatic carbocycles. The van der Waals surface area contributed by atoms with Gasteiger partial charge in [0.1, 0.15) is 36.6 Å². The van der Waals surface area contributed by atoms with Crippen molar-refractivity contribution in [2.24, 2.45) is 0 Å². The Morgan fingerprint density at radius 1 is 1.00 bits per heavy atom. The van der Waals surface area contributed by atoms with Gasteiger partial charge in [-0.05, 0) is 0 Å². The third kappa shape index (κ3) is 3.58. The third-order valence-corrected chi connectivity index (χ3v) is 5.17. The first-order chi connectivity index (χ1) is 10.8. The molecular weight excluding hydrogens is 378 g/mol. The van der Waals surface area contributed by atoms with E-state index in [1.54, 1.807) is 0 Å². The van der Waals surface area contributed by atoms with E-state index in [1.807, 2.05) is 0 Å². The Kier molecular flexibility index (Phi) is 6.77. The number of aliphatic hydroxyl groups is 5. The summed E-state index contributed by atoms with van der Waals surface area (Å²) in [5.41, 5.74) is 0. The normalized spacial score (nSPS) is 51.1. The Bertz CT molecular complexity index is 403. The third-order valence-electron chi connectivity index (χ3n) is 3.96. The zero-order valence-electron chi connectivity index (χ0n) is 11.8. The number of alkyl halides is 3. The highest BCUT2D eigenvalue weighted by atomic mass is 35.5. The van der Waals surface area contributed by atoms with Crippen LogP contribution in [0, 0.1) is 0 Å². The monoisotopic (exact) mass is 396 g/mol. The fraction of sp³-hybridized carbons (Fsp3) is 1.00. The molecule has 2 heterocycles. The van der Waals surface area contributed by atoms with Crippen LogP contribution in [0.25, 0.3) is 0 Å². The Balaban J connectivity index is 2.18. The lowest BCUT2D eigenvalue weighted by Crippen LogP contribution is -2.61. The molecule has 136 valence electrons. The average Bonchev–Trinajstić information content (AvgIpc) is 2.80. The van der Waals surface area contributed by atoms with Crippen molar-refractivity contribution in [3.8, 4) is 0 Å². The minimum atomic E-state index is -1.90. The minimum Gasteiger partial charge on any atom is -0.394 e. The van der Waals surface area contributed by atoms with E-state index in [2.05, 4.69) is 0 Å². The Morgan fingerprint density at radius 2 is 1.65 bits per heavy atom. The van der Waals surface area contributed by atoms with Gasteiger partial charge < -0.3 is 39.7 Å². The van der Waals surface area contributed by atoms with Crippen LogP contribution in [0.3, 0.4) is 0 Å². The van der Waals surface area contributed by atoms with Crippen molar-refractivity contribution in [2.75, 3.05) is 18.4 Å². The topological polar surface area (TPSA) is 129 Å². The molecule has 0 radical (unpaired) electrons. The van der Waals surface area contributed by atoms with Gasteiger partial charge in [0.05, 0.1) is 23.7 Å². The summed E-state index contributed by atoms with van der Waals surface area (Å²) in [5, 5.41) is 48.1. The van der Waals surface area contributed by atoms with E-state index in [4.69, 9.17) is 49.0 Å². The van der Waals surface area contributed by atoms with E-state index in [9.17, 15) is 25.5 Å². The molecule has 0 spiro atoms. The predicted molar refractivity (Wildman–Crippen MR) is 79.5 cm³/mol. The second-order valence-corrected chi connectivity index (χ2v) is 6.54. The first-order valence-corrected chi connectivity index (χ1v) is 8.42. The van der Waals surface area contributed by atoms with Crippen LogP contribution < -0.4 is 0 Å². The Hall–Kier alpha value is 0.550. The largest absolute Gasteiger partial charge is 0.394 e. The molecule has 2 aliphatic heterocycles. The summed E-state index contributed by atoms with van der Waals surface area (Å²) in [4.78, 5) is 0. The van der Waals surface area contributed by atoms with Crippen molar-refractivity contribution in [1.82, 2.24) is 0 Å². The van der Waals surface area contributed by atoms with Crippen LogP contribution in [-0.4, -0.2) is 98.0 Å². The molecule has 0 bridgehead atoms. The maximum atomic E-state index is 10.1. The number of ether oxygens (including phenoxy) is 3. The smallest absolute Gasteiger partial charge is 0.214 e. The zero-order chi connectivity index (χ0) is 17.4. The van der Waals surface area contributed by atoms with Gasteiger partial charge in [-0.1, -0.05) is 0 Å². The first-order valence-electron chi connectivity index (χ1n) is 6.91. The molecule has 9 atom stereocenters. The zero-order valence-corrected chi connectivity index (χ0v) is 14.1. The van der Waals surface area contributed by atoms with Crippen LogP contribution >= 0.6 is 34.8 Å². The number of hydrogen-bond acceptors (Lipinski definition) is 8. The van der Waals surface area contributed by atoms with Crippen LogP contribution in [0.2, 0.25) is 0 Å². The molecule has 0 aromatic heterocycles. The summed E-state index contributed by atoms with van der Waals surface area (Å²) in [6.45, 7) is -0.526. The number of aliphatic hydroxyl groups excluding tert-OH is 5. The summed E-state index contributed by atoms with van der Waals surface area (Å²) in [7, 11) is 0. The molecule has 1 unspecified atom stereocenters. The molecule has 2 rings (SSSR count). The molecular formula is C12H19Cl3O8. The van der Waals surface area contributed by atoms with Crippen LogP contribution in [0.4, 0.5) is 0 Å². The highest BCUT2D eigenvalue weighted by Crippen LogP contribution is 2.37. The second-order valence-electron chi connectivity index (χ2n) is 5.46. The van der Waals surface area contributed by atoms with Crippen molar-refractivity contribution in [1.29, 1.82) is 0 Å². The molecule has 0 saturated carbocycles. The molecule has 0 aromatic carbocycles. The quantitative estimate of drug-likeness (QED) is 0.349. The second kappa shape index (κ2) is 7.84. The highest BCUT2D eigenvalue weighted by Gasteiger charge is 2.58. The summed E-state index contributed by atoms with van der Waals surface area (Å²) in [6.07, 6.45) is -9.39. The predicted octanol–water partition coefficient (Wildman–Crippen LogP) is -1.66. The van der Waals surface area contributed by atoms with Gasteiger partial charge in [-0.3, -0.25) is 0 Å². The molecule has 2 fully saturated rings. The van der Waals surface area contributed by atoms with E-state index in [1.165, 1.54) is 0 Å². The van der Waals surface area contributed by atoms with Crippen LogP contribution in [-0.2, 0) is 14.2 Å². The van der Waals surface area contributed by atoms with Crippen molar-refractivity contribution in [3.63, 3.8) is 0 Å².